The van der Waals surface area contributed by atoms with Gasteiger partial charge in [-0.25, -0.2) is 0 Å². The molecule has 0 N–H and O–H groups in total. The van der Waals surface area contributed by atoms with E-state index in [1.807, 2.05) is 0 Å². The minimum atomic E-state index is -1.69. The Labute approximate surface area is 179 Å². The number of hydrogen-bond donors (Lipinski definition) is 0. The van der Waals surface area contributed by atoms with E-state index in [9.17, 15) is 0 Å². The van der Waals surface area contributed by atoms with Gasteiger partial charge in [0.2, 0.25) is 0 Å². The van der Waals surface area contributed by atoms with Crippen LogP contribution in [0.3, 0.4) is 0 Å². The van der Waals surface area contributed by atoms with Crippen LogP contribution in [0.1, 0.15) is 37.8 Å². The SMILES string of the molecule is CCC[Si](C)(C)OCC1(CO[Si](C)(C)CCC)c2ccccc2-c2ccccc21. The second-order valence-electron chi connectivity index (χ2n) is 9.77. The predicted molar refractivity (Wildman–Crippen MR) is 130 cm³/mol. The van der Waals surface area contributed by atoms with E-state index in [0.717, 1.165) is 13.2 Å². The quantitative estimate of drug-likeness (QED) is 0.373. The van der Waals surface area contributed by atoms with E-state index in [1.165, 1.54) is 47.2 Å². The smallest absolute Gasteiger partial charge is 0.186 e. The van der Waals surface area contributed by atoms with Gasteiger partial charge in [-0.2, -0.15) is 0 Å². The van der Waals surface area contributed by atoms with Gasteiger partial charge >= 0.3 is 0 Å². The summed E-state index contributed by atoms with van der Waals surface area (Å²) in [4.78, 5) is 0. The van der Waals surface area contributed by atoms with Crippen molar-refractivity contribution in [2.75, 3.05) is 13.2 Å². The van der Waals surface area contributed by atoms with Crippen LogP contribution in [0.2, 0.25) is 38.3 Å². The van der Waals surface area contributed by atoms with E-state index in [4.69, 9.17) is 8.85 Å². The highest BCUT2D eigenvalue weighted by atomic mass is 28.4. The fourth-order valence-electron chi connectivity index (χ4n) is 4.75. The first-order valence-corrected chi connectivity index (χ1v) is 17.4. The largest absolute Gasteiger partial charge is 0.416 e. The average molecular weight is 427 g/mol. The molecule has 0 saturated carbocycles. The Hall–Kier alpha value is -1.21. The van der Waals surface area contributed by atoms with Crippen LogP contribution in [-0.4, -0.2) is 29.8 Å². The van der Waals surface area contributed by atoms with Gasteiger partial charge in [0.1, 0.15) is 0 Å². The summed E-state index contributed by atoms with van der Waals surface area (Å²) in [6.45, 7) is 15.4. The fraction of sp³-hybridized carbons (Fsp3) is 0.520. The van der Waals surface area contributed by atoms with Gasteiger partial charge in [0.25, 0.3) is 0 Å². The summed E-state index contributed by atoms with van der Waals surface area (Å²) in [7, 11) is -3.39. The molecule has 2 aromatic rings. The monoisotopic (exact) mass is 426 g/mol. The maximum atomic E-state index is 6.77. The maximum absolute atomic E-state index is 6.77. The summed E-state index contributed by atoms with van der Waals surface area (Å²) >= 11 is 0. The van der Waals surface area contributed by atoms with E-state index in [2.05, 4.69) is 88.6 Å². The van der Waals surface area contributed by atoms with Crippen molar-refractivity contribution >= 4 is 16.6 Å². The predicted octanol–water partition coefficient (Wildman–Crippen LogP) is 7.22. The number of benzene rings is 2. The highest BCUT2D eigenvalue weighted by molar-refractivity contribution is 6.71. The van der Waals surface area contributed by atoms with Crippen LogP contribution in [0.5, 0.6) is 0 Å². The van der Waals surface area contributed by atoms with Crippen molar-refractivity contribution in [3.63, 3.8) is 0 Å². The summed E-state index contributed by atoms with van der Waals surface area (Å²) in [5, 5.41) is 0. The standard InChI is InChI=1S/C25H38O2Si2/c1-7-17-28(3,4)26-19-25(20-27-29(5,6)18-8-2)23-15-11-9-13-21(23)22-14-10-12-16-24(22)25/h9-16H,7-8,17-20H2,1-6H3. The number of rotatable bonds is 10. The minimum Gasteiger partial charge on any atom is -0.416 e. The molecule has 1 aliphatic rings. The normalized spacial score (nSPS) is 15.2. The average Bonchev–Trinajstić information content (AvgIpc) is 2.96. The van der Waals surface area contributed by atoms with E-state index in [1.54, 1.807) is 0 Å². The molecular weight excluding hydrogens is 388 g/mol. The topological polar surface area (TPSA) is 18.5 Å². The molecule has 0 spiro atoms. The van der Waals surface area contributed by atoms with Crippen molar-refractivity contribution in [1.82, 2.24) is 0 Å². The lowest BCUT2D eigenvalue weighted by molar-refractivity contribution is 0.162. The molecule has 1 aliphatic carbocycles. The maximum Gasteiger partial charge on any atom is 0.186 e. The Kier molecular flexibility index (Phi) is 6.89. The summed E-state index contributed by atoms with van der Waals surface area (Å²) in [5.41, 5.74) is 5.25. The Morgan fingerprint density at radius 3 is 1.41 bits per heavy atom. The molecule has 3 rings (SSSR count). The molecule has 158 valence electrons. The Bertz CT molecular complexity index is 760. The van der Waals surface area contributed by atoms with Crippen molar-refractivity contribution in [3.05, 3.63) is 59.7 Å². The molecule has 2 nitrogen and oxygen atoms in total. The van der Waals surface area contributed by atoms with Gasteiger partial charge in [0, 0.05) is 13.2 Å². The Morgan fingerprint density at radius 1 is 0.655 bits per heavy atom. The molecule has 0 saturated heterocycles. The van der Waals surface area contributed by atoms with Crippen LogP contribution in [0, 0.1) is 0 Å². The van der Waals surface area contributed by atoms with E-state index < -0.39 is 16.6 Å². The van der Waals surface area contributed by atoms with Crippen molar-refractivity contribution < 1.29 is 8.85 Å². The second-order valence-corrected chi connectivity index (χ2v) is 18.4. The lowest BCUT2D eigenvalue weighted by Gasteiger charge is -2.38. The summed E-state index contributed by atoms with van der Waals surface area (Å²) < 4.78 is 13.5. The van der Waals surface area contributed by atoms with Gasteiger partial charge in [-0.15, -0.1) is 0 Å². The van der Waals surface area contributed by atoms with E-state index >= 15 is 0 Å². The lowest BCUT2D eigenvalue weighted by Crippen LogP contribution is -2.45. The number of hydrogen-bond acceptors (Lipinski definition) is 2. The minimum absolute atomic E-state index is 0.205. The zero-order chi connectivity index (χ0) is 21.1. The molecule has 0 bridgehead atoms. The first kappa shape index (κ1) is 22.5. The Morgan fingerprint density at radius 2 is 1.03 bits per heavy atom. The second kappa shape index (κ2) is 8.88. The molecule has 29 heavy (non-hydrogen) atoms. The molecular formula is C25H38O2Si2. The van der Waals surface area contributed by atoms with Gasteiger partial charge < -0.3 is 8.85 Å². The van der Waals surface area contributed by atoms with E-state index in [0.29, 0.717) is 0 Å². The van der Waals surface area contributed by atoms with Crippen molar-refractivity contribution in [2.45, 2.75) is 70.4 Å². The van der Waals surface area contributed by atoms with E-state index in [-0.39, 0.29) is 5.41 Å². The van der Waals surface area contributed by atoms with Crippen LogP contribution < -0.4 is 0 Å². The number of fused-ring (bicyclic) bond motifs is 3. The third-order valence-electron chi connectivity index (χ3n) is 6.30. The molecule has 0 radical (unpaired) electrons. The van der Waals surface area contributed by atoms with Gasteiger partial charge in [0.05, 0.1) is 5.41 Å². The first-order valence-electron chi connectivity index (χ1n) is 11.2. The Balaban J connectivity index is 2.03. The molecule has 0 aromatic heterocycles. The third-order valence-corrected chi connectivity index (χ3v) is 11.6. The van der Waals surface area contributed by atoms with Gasteiger partial charge in [-0.05, 0) is 60.5 Å². The molecule has 2 aromatic carbocycles. The summed E-state index contributed by atoms with van der Waals surface area (Å²) in [6, 6.07) is 20.2. The van der Waals surface area contributed by atoms with Crippen molar-refractivity contribution in [2.24, 2.45) is 0 Å². The summed E-state index contributed by atoms with van der Waals surface area (Å²) in [5.74, 6) is 0. The zero-order valence-electron chi connectivity index (χ0n) is 19.2. The fourth-order valence-corrected chi connectivity index (χ4v) is 8.73. The zero-order valence-corrected chi connectivity index (χ0v) is 21.2. The highest BCUT2D eigenvalue weighted by Gasteiger charge is 2.45. The van der Waals surface area contributed by atoms with Gasteiger partial charge in [0.15, 0.2) is 16.6 Å². The third kappa shape index (κ3) is 4.76. The van der Waals surface area contributed by atoms with Gasteiger partial charge in [-0.3, -0.25) is 0 Å². The molecule has 4 heteroatoms. The highest BCUT2D eigenvalue weighted by Crippen LogP contribution is 2.50. The van der Waals surface area contributed by atoms with Crippen molar-refractivity contribution in [1.29, 1.82) is 0 Å². The van der Waals surface area contributed by atoms with Crippen LogP contribution >= 0.6 is 0 Å². The molecule has 0 amide bonds. The van der Waals surface area contributed by atoms with Crippen LogP contribution in [-0.2, 0) is 14.3 Å². The van der Waals surface area contributed by atoms with Gasteiger partial charge in [-0.1, -0.05) is 75.2 Å². The van der Waals surface area contributed by atoms with Crippen molar-refractivity contribution in [3.8, 4) is 11.1 Å². The molecule has 0 fully saturated rings. The van der Waals surface area contributed by atoms with Crippen LogP contribution in [0.15, 0.2) is 48.5 Å². The van der Waals surface area contributed by atoms with Crippen LogP contribution in [0.4, 0.5) is 0 Å². The molecule has 0 atom stereocenters. The summed E-state index contributed by atoms with van der Waals surface area (Å²) in [6.07, 6.45) is 2.37. The lowest BCUT2D eigenvalue weighted by atomic mass is 9.80. The van der Waals surface area contributed by atoms with Crippen LogP contribution in [0.25, 0.3) is 11.1 Å². The first-order chi connectivity index (χ1) is 13.7. The molecule has 0 unspecified atom stereocenters. The molecule has 0 aliphatic heterocycles. The molecule has 0 heterocycles.